The molecule has 0 atom stereocenters. The third kappa shape index (κ3) is 6.22. The molecular formula is C27H23N3O6S. The van der Waals surface area contributed by atoms with E-state index in [4.69, 9.17) is 4.74 Å². The molecule has 37 heavy (non-hydrogen) atoms. The number of carbonyl (C=O) groups is 3. The van der Waals surface area contributed by atoms with Crippen molar-refractivity contribution >= 4 is 46.3 Å². The molecule has 0 aromatic heterocycles. The highest BCUT2D eigenvalue weighted by atomic mass is 32.2. The van der Waals surface area contributed by atoms with E-state index in [9.17, 15) is 24.5 Å². The maximum atomic E-state index is 12.9. The van der Waals surface area contributed by atoms with Gasteiger partial charge in [0.1, 0.15) is 18.9 Å². The van der Waals surface area contributed by atoms with Crippen LogP contribution >= 0.6 is 11.8 Å². The molecular weight excluding hydrogens is 494 g/mol. The van der Waals surface area contributed by atoms with Crippen molar-refractivity contribution in [2.45, 2.75) is 20.5 Å². The van der Waals surface area contributed by atoms with Crippen LogP contribution in [0.2, 0.25) is 0 Å². The van der Waals surface area contributed by atoms with E-state index in [1.807, 2.05) is 26.0 Å². The first kappa shape index (κ1) is 25.6. The van der Waals surface area contributed by atoms with Crippen LogP contribution in [0.1, 0.15) is 22.3 Å². The smallest absolute Gasteiger partial charge is 0.294 e. The van der Waals surface area contributed by atoms with Crippen LogP contribution in [0.5, 0.6) is 5.75 Å². The van der Waals surface area contributed by atoms with E-state index in [0.29, 0.717) is 17.0 Å². The van der Waals surface area contributed by atoms with Crippen molar-refractivity contribution in [3.8, 4) is 5.75 Å². The Morgan fingerprint density at radius 3 is 2.49 bits per heavy atom. The summed E-state index contributed by atoms with van der Waals surface area (Å²) in [6.07, 6.45) is 1.55. The van der Waals surface area contributed by atoms with Gasteiger partial charge in [-0.1, -0.05) is 24.3 Å². The molecule has 1 aliphatic rings. The van der Waals surface area contributed by atoms with Crippen molar-refractivity contribution in [1.82, 2.24) is 4.90 Å². The normalized spacial score (nSPS) is 14.2. The van der Waals surface area contributed by atoms with Gasteiger partial charge >= 0.3 is 0 Å². The molecule has 10 heteroatoms. The third-order valence-electron chi connectivity index (χ3n) is 5.71. The summed E-state index contributed by atoms with van der Waals surface area (Å²) in [6.45, 7) is 3.66. The number of benzene rings is 3. The van der Waals surface area contributed by atoms with Crippen molar-refractivity contribution in [3.63, 3.8) is 0 Å². The molecule has 0 aliphatic carbocycles. The van der Waals surface area contributed by atoms with Gasteiger partial charge in [0.25, 0.3) is 16.8 Å². The minimum atomic E-state index is -0.560. The number of nitro benzene ring substituents is 1. The number of hydrogen-bond donors (Lipinski definition) is 1. The molecule has 0 saturated carbocycles. The van der Waals surface area contributed by atoms with E-state index >= 15 is 0 Å². The number of amides is 3. The Hall–Kier alpha value is -4.44. The first-order chi connectivity index (χ1) is 17.7. The predicted octanol–water partition coefficient (Wildman–Crippen LogP) is 5.47. The molecule has 1 heterocycles. The zero-order valence-electron chi connectivity index (χ0n) is 20.1. The van der Waals surface area contributed by atoms with Gasteiger partial charge in [0.2, 0.25) is 5.91 Å². The number of carbonyl (C=O) groups excluding carboxylic acids is 3. The molecule has 1 N–H and O–H groups in total. The molecule has 1 saturated heterocycles. The maximum absolute atomic E-state index is 12.9. The van der Waals surface area contributed by atoms with Crippen LogP contribution in [-0.4, -0.2) is 33.4 Å². The number of aryl methyl sites for hydroxylation is 2. The quantitative estimate of drug-likeness (QED) is 0.239. The van der Waals surface area contributed by atoms with E-state index < -0.39 is 28.5 Å². The molecule has 0 bridgehead atoms. The van der Waals surface area contributed by atoms with Gasteiger partial charge in [0.15, 0.2) is 0 Å². The second-order valence-electron chi connectivity index (χ2n) is 8.37. The summed E-state index contributed by atoms with van der Waals surface area (Å²) in [7, 11) is 0. The minimum absolute atomic E-state index is 0.0115. The van der Waals surface area contributed by atoms with E-state index in [1.54, 1.807) is 48.5 Å². The fourth-order valence-corrected chi connectivity index (χ4v) is 4.38. The van der Waals surface area contributed by atoms with Gasteiger partial charge in [-0.25, -0.2) is 0 Å². The number of rotatable bonds is 8. The summed E-state index contributed by atoms with van der Waals surface area (Å²) in [4.78, 5) is 49.4. The average Bonchev–Trinajstić information content (AvgIpc) is 3.13. The van der Waals surface area contributed by atoms with Gasteiger partial charge in [-0.15, -0.1) is 0 Å². The number of ether oxygens (including phenoxy) is 1. The highest BCUT2D eigenvalue weighted by molar-refractivity contribution is 8.18. The van der Waals surface area contributed by atoms with Crippen LogP contribution in [0.3, 0.4) is 0 Å². The molecule has 1 fully saturated rings. The van der Waals surface area contributed by atoms with Crippen LogP contribution in [0, 0.1) is 24.0 Å². The molecule has 3 aromatic carbocycles. The van der Waals surface area contributed by atoms with E-state index in [2.05, 4.69) is 5.32 Å². The summed E-state index contributed by atoms with van der Waals surface area (Å²) in [6, 6.07) is 18.5. The number of nitro groups is 1. The van der Waals surface area contributed by atoms with Crippen LogP contribution in [0.4, 0.5) is 16.2 Å². The lowest BCUT2D eigenvalue weighted by Crippen LogP contribution is -2.36. The molecule has 1 aliphatic heterocycles. The van der Waals surface area contributed by atoms with E-state index in [1.165, 1.54) is 12.1 Å². The average molecular weight is 518 g/mol. The topological polar surface area (TPSA) is 119 Å². The van der Waals surface area contributed by atoms with Crippen molar-refractivity contribution in [2.75, 3.05) is 11.9 Å². The highest BCUT2D eigenvalue weighted by Gasteiger charge is 2.36. The van der Waals surface area contributed by atoms with Gasteiger partial charge in [0.05, 0.1) is 9.83 Å². The van der Waals surface area contributed by atoms with E-state index in [-0.39, 0.29) is 17.2 Å². The lowest BCUT2D eigenvalue weighted by atomic mass is 10.1. The monoisotopic (exact) mass is 517 g/mol. The lowest BCUT2D eigenvalue weighted by Gasteiger charge is -2.13. The Balaban J connectivity index is 1.43. The minimum Gasteiger partial charge on any atom is -0.488 e. The largest absolute Gasteiger partial charge is 0.488 e. The first-order valence-electron chi connectivity index (χ1n) is 11.3. The summed E-state index contributed by atoms with van der Waals surface area (Å²) in [5, 5.41) is 13.0. The zero-order valence-corrected chi connectivity index (χ0v) is 20.9. The van der Waals surface area contributed by atoms with Crippen molar-refractivity contribution in [1.29, 1.82) is 0 Å². The van der Waals surface area contributed by atoms with Crippen LogP contribution in [0.15, 0.2) is 71.6 Å². The van der Waals surface area contributed by atoms with Crippen LogP contribution in [-0.2, 0) is 16.2 Å². The summed E-state index contributed by atoms with van der Waals surface area (Å²) in [5.41, 5.74) is 4.00. The molecule has 9 nitrogen and oxygen atoms in total. The van der Waals surface area contributed by atoms with Gasteiger partial charge in [-0.3, -0.25) is 29.4 Å². The summed E-state index contributed by atoms with van der Waals surface area (Å²) >= 11 is 0.756. The highest BCUT2D eigenvalue weighted by Crippen LogP contribution is 2.34. The standard InChI is InChI=1S/C27H23N3O6S/c1-17-7-10-21(13-18(17)2)28-25(31)15-29-26(32)24(37-27(29)33)14-20-5-3-4-6-23(20)36-16-19-8-11-22(12-9-19)30(34)35/h3-14H,15-16H2,1-2H3,(H,28,31)/b24-14+. The molecule has 0 radical (unpaired) electrons. The SMILES string of the molecule is Cc1ccc(NC(=O)CN2C(=O)S/C(=C/c3ccccc3OCc3ccc([N+](=O)[O-])cc3)C2=O)cc1C. The van der Waals surface area contributed by atoms with Crippen molar-refractivity contribution in [3.05, 3.63) is 104 Å². The second-order valence-corrected chi connectivity index (χ2v) is 9.36. The number of hydrogen-bond acceptors (Lipinski definition) is 7. The number of para-hydroxylation sites is 1. The van der Waals surface area contributed by atoms with E-state index in [0.717, 1.165) is 33.4 Å². The van der Waals surface area contributed by atoms with Gasteiger partial charge in [-0.2, -0.15) is 0 Å². The number of anilines is 1. The van der Waals surface area contributed by atoms with Crippen molar-refractivity contribution < 1.29 is 24.0 Å². The molecule has 0 spiro atoms. The first-order valence-corrected chi connectivity index (χ1v) is 12.1. The van der Waals surface area contributed by atoms with Crippen LogP contribution in [0.25, 0.3) is 6.08 Å². The van der Waals surface area contributed by atoms with Gasteiger partial charge < -0.3 is 10.1 Å². The Bertz CT molecular complexity index is 1420. The Labute approximate surface area is 217 Å². The Kier molecular flexibility index (Phi) is 7.69. The summed E-state index contributed by atoms with van der Waals surface area (Å²) in [5.74, 6) is -0.561. The molecule has 3 aromatic rings. The molecule has 0 unspecified atom stereocenters. The third-order valence-corrected chi connectivity index (χ3v) is 6.62. The number of nitrogens with one attached hydrogen (secondary N) is 1. The number of imide groups is 1. The number of non-ortho nitro benzene ring substituents is 1. The summed E-state index contributed by atoms with van der Waals surface area (Å²) < 4.78 is 5.87. The maximum Gasteiger partial charge on any atom is 0.294 e. The zero-order chi connectivity index (χ0) is 26.5. The van der Waals surface area contributed by atoms with Gasteiger partial charge in [-0.05, 0) is 78.7 Å². The Morgan fingerprint density at radius 1 is 1.05 bits per heavy atom. The van der Waals surface area contributed by atoms with Crippen molar-refractivity contribution in [2.24, 2.45) is 0 Å². The predicted molar refractivity (Wildman–Crippen MR) is 141 cm³/mol. The molecule has 3 amide bonds. The second kappa shape index (κ2) is 11.1. The molecule has 188 valence electrons. The number of thioether (sulfide) groups is 1. The fourth-order valence-electron chi connectivity index (χ4n) is 3.55. The Morgan fingerprint density at radius 2 is 1.78 bits per heavy atom. The molecule has 4 rings (SSSR count). The lowest BCUT2D eigenvalue weighted by molar-refractivity contribution is -0.384. The fraction of sp³-hybridized carbons (Fsp3) is 0.148. The number of nitrogens with zero attached hydrogens (tertiary/aromatic N) is 2. The van der Waals surface area contributed by atoms with Crippen LogP contribution < -0.4 is 10.1 Å². The van der Waals surface area contributed by atoms with Gasteiger partial charge in [0, 0.05) is 23.4 Å².